The Kier molecular flexibility index (Phi) is 5.81. The molecule has 0 bridgehead atoms. The van der Waals surface area contributed by atoms with E-state index in [1.165, 1.54) is 11.4 Å². The van der Waals surface area contributed by atoms with Crippen LogP contribution in [0.1, 0.15) is 5.56 Å². The first kappa shape index (κ1) is 20.7. The number of methoxy groups -OCH3 is 1. The van der Waals surface area contributed by atoms with Gasteiger partial charge >= 0.3 is 0 Å². The fourth-order valence-corrected chi connectivity index (χ4v) is 5.01. The normalized spacial score (nSPS) is 15.5. The Morgan fingerprint density at radius 3 is 2.48 bits per heavy atom. The third-order valence-corrected chi connectivity index (χ3v) is 6.64. The molecule has 0 saturated carbocycles. The van der Waals surface area contributed by atoms with Gasteiger partial charge in [-0.1, -0.05) is 54.6 Å². The van der Waals surface area contributed by atoms with Crippen LogP contribution < -0.4 is 19.1 Å². The molecule has 31 heavy (non-hydrogen) atoms. The number of nitrogens with zero attached hydrogens (tertiary/aromatic N) is 1. The van der Waals surface area contributed by atoms with Crippen molar-refractivity contribution < 1.29 is 22.7 Å². The fraction of sp³-hybridized carbons (Fsp3) is 0.174. The number of carbonyl (C=O) groups excluding carboxylic acids is 1. The topological polar surface area (TPSA) is 84.9 Å². The smallest absolute Gasteiger partial charge is 0.267 e. The number of hydrogen-bond acceptors (Lipinski definition) is 5. The van der Waals surface area contributed by atoms with Crippen molar-refractivity contribution in [2.24, 2.45) is 0 Å². The number of ether oxygens (including phenoxy) is 2. The summed E-state index contributed by atoms with van der Waals surface area (Å²) in [6, 6.07) is 22.7. The lowest BCUT2D eigenvalue weighted by molar-refractivity contribution is -0.122. The summed E-state index contributed by atoms with van der Waals surface area (Å²) in [7, 11) is -2.24. The molecule has 0 radical (unpaired) electrons. The molecule has 1 amide bonds. The first-order valence-electron chi connectivity index (χ1n) is 9.72. The maximum Gasteiger partial charge on any atom is 0.267 e. The first-order valence-corrected chi connectivity index (χ1v) is 11.3. The quantitative estimate of drug-likeness (QED) is 0.637. The van der Waals surface area contributed by atoms with Crippen molar-refractivity contribution in [2.45, 2.75) is 11.9 Å². The average molecular weight is 439 g/mol. The SMILES string of the molecule is COc1ccccc1NC(=O)[C@@H]1CN(S(=O)(=O)Cc2ccccc2)c2ccccc2O1. The maximum absolute atomic E-state index is 13.3. The molecular weight excluding hydrogens is 416 g/mol. The molecule has 0 fully saturated rings. The summed E-state index contributed by atoms with van der Waals surface area (Å²) in [6.07, 6.45) is -1.02. The fourth-order valence-electron chi connectivity index (χ4n) is 3.43. The standard InChI is InChI=1S/C23H22N2O5S/c1-29-20-13-7-5-11-18(20)24-23(26)22-15-25(19-12-6-8-14-21(19)30-22)31(27,28)16-17-9-3-2-4-10-17/h2-14,22H,15-16H2,1H3,(H,24,26)/t22-/m0/s1. The van der Waals surface area contributed by atoms with Crippen LogP contribution in [0, 0.1) is 0 Å². The van der Waals surface area contributed by atoms with Gasteiger partial charge in [-0.05, 0) is 29.8 Å². The highest BCUT2D eigenvalue weighted by atomic mass is 32.2. The highest BCUT2D eigenvalue weighted by molar-refractivity contribution is 7.92. The molecule has 1 atom stereocenters. The van der Waals surface area contributed by atoms with Gasteiger partial charge in [-0.3, -0.25) is 9.10 Å². The van der Waals surface area contributed by atoms with Gasteiger partial charge in [-0.15, -0.1) is 0 Å². The predicted molar refractivity (Wildman–Crippen MR) is 119 cm³/mol. The molecule has 1 heterocycles. The lowest BCUT2D eigenvalue weighted by atomic mass is 10.2. The number of carbonyl (C=O) groups is 1. The third-order valence-electron chi connectivity index (χ3n) is 4.92. The van der Waals surface area contributed by atoms with E-state index in [2.05, 4.69) is 5.32 Å². The van der Waals surface area contributed by atoms with Crippen LogP contribution in [-0.2, 0) is 20.6 Å². The van der Waals surface area contributed by atoms with Crippen LogP contribution in [0.5, 0.6) is 11.5 Å². The molecule has 1 N–H and O–H groups in total. The molecule has 1 aliphatic heterocycles. The van der Waals surface area contributed by atoms with Crippen molar-refractivity contribution in [3.05, 3.63) is 84.4 Å². The number of sulfonamides is 1. The molecule has 0 aromatic heterocycles. The lowest BCUT2D eigenvalue weighted by Gasteiger charge is -2.34. The molecule has 3 aromatic carbocycles. The number of hydrogen-bond donors (Lipinski definition) is 1. The largest absolute Gasteiger partial charge is 0.495 e. The van der Waals surface area contributed by atoms with Crippen LogP contribution in [0.2, 0.25) is 0 Å². The van der Waals surface area contributed by atoms with Crippen LogP contribution in [0.25, 0.3) is 0 Å². The summed E-state index contributed by atoms with van der Waals surface area (Å²) >= 11 is 0. The molecular formula is C23H22N2O5S. The van der Waals surface area contributed by atoms with E-state index >= 15 is 0 Å². The predicted octanol–water partition coefficient (Wildman–Crippen LogP) is 3.43. The summed E-state index contributed by atoms with van der Waals surface area (Å²) in [5.74, 6) is 0.202. The second kappa shape index (κ2) is 8.69. The maximum atomic E-state index is 13.3. The van der Waals surface area contributed by atoms with Gasteiger partial charge in [0.2, 0.25) is 10.0 Å². The highest BCUT2D eigenvalue weighted by Gasteiger charge is 2.36. The Bertz CT molecular complexity index is 1180. The number of rotatable bonds is 6. The van der Waals surface area contributed by atoms with Crippen LogP contribution in [0.15, 0.2) is 78.9 Å². The second-order valence-corrected chi connectivity index (χ2v) is 8.93. The number of nitrogens with one attached hydrogen (secondary N) is 1. The van der Waals surface area contributed by atoms with E-state index in [-0.39, 0.29) is 12.3 Å². The minimum absolute atomic E-state index is 0.132. The Morgan fingerprint density at radius 2 is 1.71 bits per heavy atom. The molecule has 4 rings (SSSR count). The monoisotopic (exact) mass is 438 g/mol. The van der Waals surface area contributed by atoms with E-state index in [1.807, 2.05) is 6.07 Å². The zero-order valence-electron chi connectivity index (χ0n) is 16.9. The van der Waals surface area contributed by atoms with Crippen molar-refractivity contribution >= 4 is 27.3 Å². The molecule has 160 valence electrons. The van der Waals surface area contributed by atoms with Crippen molar-refractivity contribution in [3.63, 3.8) is 0 Å². The van der Waals surface area contributed by atoms with Crippen molar-refractivity contribution in [2.75, 3.05) is 23.3 Å². The van der Waals surface area contributed by atoms with Gasteiger partial charge in [-0.25, -0.2) is 8.42 Å². The zero-order chi connectivity index (χ0) is 21.8. The van der Waals surface area contributed by atoms with Gasteiger partial charge < -0.3 is 14.8 Å². The Morgan fingerprint density at radius 1 is 1.03 bits per heavy atom. The third kappa shape index (κ3) is 4.49. The number of fused-ring (bicyclic) bond motifs is 1. The number of benzene rings is 3. The minimum Gasteiger partial charge on any atom is -0.495 e. The van der Waals surface area contributed by atoms with Gasteiger partial charge in [0.1, 0.15) is 11.5 Å². The Labute approximate surface area is 181 Å². The van der Waals surface area contributed by atoms with Crippen LogP contribution in [0.4, 0.5) is 11.4 Å². The molecule has 3 aromatic rings. The summed E-state index contributed by atoms with van der Waals surface area (Å²) in [5.41, 5.74) is 1.57. The number of amides is 1. The molecule has 0 saturated heterocycles. The van der Waals surface area contributed by atoms with Crippen LogP contribution >= 0.6 is 0 Å². The first-order chi connectivity index (χ1) is 15.0. The molecule has 1 aliphatic rings. The molecule has 0 spiro atoms. The van der Waals surface area contributed by atoms with E-state index in [0.717, 1.165) is 0 Å². The van der Waals surface area contributed by atoms with Gasteiger partial charge in [-0.2, -0.15) is 0 Å². The highest BCUT2D eigenvalue weighted by Crippen LogP contribution is 2.36. The van der Waals surface area contributed by atoms with Crippen molar-refractivity contribution in [3.8, 4) is 11.5 Å². The van der Waals surface area contributed by atoms with E-state index in [9.17, 15) is 13.2 Å². The molecule has 7 nitrogen and oxygen atoms in total. The van der Waals surface area contributed by atoms with E-state index < -0.39 is 22.0 Å². The zero-order valence-corrected chi connectivity index (χ0v) is 17.7. The van der Waals surface area contributed by atoms with E-state index in [1.54, 1.807) is 72.8 Å². The summed E-state index contributed by atoms with van der Waals surface area (Å²) in [6.45, 7) is -0.132. The average Bonchev–Trinajstić information content (AvgIpc) is 2.79. The van der Waals surface area contributed by atoms with Crippen molar-refractivity contribution in [1.29, 1.82) is 0 Å². The lowest BCUT2D eigenvalue weighted by Crippen LogP contribution is -2.49. The van der Waals surface area contributed by atoms with E-state index in [0.29, 0.717) is 28.4 Å². The van der Waals surface area contributed by atoms with Gasteiger partial charge in [0, 0.05) is 0 Å². The second-order valence-electron chi connectivity index (χ2n) is 7.04. The molecule has 8 heteroatoms. The number of para-hydroxylation sites is 4. The van der Waals surface area contributed by atoms with Gasteiger partial charge in [0.05, 0.1) is 30.8 Å². The van der Waals surface area contributed by atoms with Crippen LogP contribution in [-0.4, -0.2) is 34.1 Å². The van der Waals surface area contributed by atoms with Crippen LogP contribution in [0.3, 0.4) is 0 Å². The molecule has 0 aliphatic carbocycles. The van der Waals surface area contributed by atoms with Crippen molar-refractivity contribution in [1.82, 2.24) is 0 Å². The summed E-state index contributed by atoms with van der Waals surface area (Å²) in [5, 5.41) is 2.77. The summed E-state index contributed by atoms with van der Waals surface area (Å²) in [4.78, 5) is 13.0. The summed E-state index contributed by atoms with van der Waals surface area (Å²) < 4.78 is 38.9. The van der Waals surface area contributed by atoms with Gasteiger partial charge in [0.15, 0.2) is 6.10 Å². The molecule has 0 unspecified atom stereocenters. The Balaban J connectivity index is 1.62. The van der Waals surface area contributed by atoms with E-state index in [4.69, 9.17) is 9.47 Å². The Hall–Kier alpha value is -3.52. The minimum atomic E-state index is -3.75. The van der Waals surface area contributed by atoms with Gasteiger partial charge in [0.25, 0.3) is 5.91 Å². The number of anilines is 2.